The van der Waals surface area contributed by atoms with E-state index < -0.39 is 0 Å². The van der Waals surface area contributed by atoms with Crippen molar-refractivity contribution in [2.24, 2.45) is 0 Å². The molecule has 2 rings (SSSR count). The molecule has 1 saturated heterocycles. The van der Waals surface area contributed by atoms with Crippen molar-refractivity contribution in [3.63, 3.8) is 0 Å². The second-order valence-electron chi connectivity index (χ2n) is 4.89. The molecule has 0 unspecified atom stereocenters. The minimum atomic E-state index is 0.0396. The first kappa shape index (κ1) is 12.6. The van der Waals surface area contributed by atoms with Gasteiger partial charge >= 0.3 is 0 Å². The van der Waals surface area contributed by atoms with Crippen LogP contribution in [0.5, 0.6) is 0 Å². The van der Waals surface area contributed by atoms with E-state index in [4.69, 9.17) is 16.3 Å². The van der Waals surface area contributed by atoms with Crippen molar-refractivity contribution in [2.45, 2.75) is 39.2 Å². The van der Waals surface area contributed by atoms with Crippen LogP contribution in [0.1, 0.15) is 30.9 Å². The summed E-state index contributed by atoms with van der Waals surface area (Å²) in [4.78, 5) is 0. The summed E-state index contributed by atoms with van der Waals surface area (Å²) in [5, 5.41) is 12.1. The van der Waals surface area contributed by atoms with Gasteiger partial charge in [-0.05, 0) is 44.7 Å². The number of aromatic nitrogens is 2. The second kappa shape index (κ2) is 4.78. The largest absolute Gasteiger partial charge is 0.381 e. The van der Waals surface area contributed by atoms with E-state index in [0.29, 0.717) is 5.15 Å². The normalized spacial score (nSPS) is 19.1. The summed E-state index contributed by atoms with van der Waals surface area (Å²) in [5.41, 5.74) is 2.09. The molecule has 1 aromatic heterocycles. The molecular formula is C12H18ClN3O. The van der Waals surface area contributed by atoms with E-state index in [2.05, 4.69) is 22.4 Å². The molecule has 0 aromatic carbocycles. The summed E-state index contributed by atoms with van der Waals surface area (Å²) in [7, 11) is 0. The smallest absolute Gasteiger partial charge is 0.155 e. The molecule has 1 aromatic rings. The zero-order valence-electron chi connectivity index (χ0n) is 10.5. The summed E-state index contributed by atoms with van der Waals surface area (Å²) >= 11 is 5.94. The van der Waals surface area contributed by atoms with Crippen LogP contribution in [0.2, 0.25) is 5.15 Å². The van der Waals surface area contributed by atoms with Crippen LogP contribution in [0.25, 0.3) is 0 Å². The van der Waals surface area contributed by atoms with Crippen molar-refractivity contribution >= 4 is 17.4 Å². The molecule has 0 bridgehead atoms. The van der Waals surface area contributed by atoms with Gasteiger partial charge in [-0.1, -0.05) is 11.6 Å². The van der Waals surface area contributed by atoms with Crippen molar-refractivity contribution in [1.82, 2.24) is 10.2 Å². The van der Waals surface area contributed by atoms with Crippen molar-refractivity contribution in [2.75, 3.05) is 18.5 Å². The summed E-state index contributed by atoms with van der Waals surface area (Å²) < 4.78 is 5.38. The molecule has 94 valence electrons. The van der Waals surface area contributed by atoms with Crippen LogP contribution >= 0.6 is 11.6 Å². The Morgan fingerprint density at radius 1 is 1.18 bits per heavy atom. The Kier molecular flexibility index (Phi) is 3.54. The van der Waals surface area contributed by atoms with Gasteiger partial charge in [-0.15, -0.1) is 10.2 Å². The third-order valence-electron chi connectivity index (χ3n) is 3.48. The molecule has 2 heterocycles. The van der Waals surface area contributed by atoms with E-state index in [9.17, 15) is 0 Å². The first-order valence-electron chi connectivity index (χ1n) is 5.87. The predicted molar refractivity (Wildman–Crippen MR) is 68.6 cm³/mol. The Balaban J connectivity index is 2.21. The number of hydrogen-bond acceptors (Lipinski definition) is 4. The van der Waals surface area contributed by atoms with Crippen LogP contribution in [0.4, 0.5) is 5.82 Å². The Morgan fingerprint density at radius 3 is 2.47 bits per heavy atom. The van der Waals surface area contributed by atoms with E-state index in [-0.39, 0.29) is 5.54 Å². The first-order chi connectivity index (χ1) is 8.02. The molecule has 1 aliphatic heterocycles. The highest BCUT2D eigenvalue weighted by atomic mass is 35.5. The second-order valence-corrected chi connectivity index (χ2v) is 5.25. The van der Waals surface area contributed by atoms with Crippen LogP contribution in [0.15, 0.2) is 0 Å². The Hall–Kier alpha value is -0.870. The van der Waals surface area contributed by atoms with Gasteiger partial charge in [-0.3, -0.25) is 0 Å². The maximum Gasteiger partial charge on any atom is 0.155 e. The fourth-order valence-corrected chi connectivity index (χ4v) is 2.11. The van der Waals surface area contributed by atoms with Crippen LogP contribution < -0.4 is 5.32 Å². The SMILES string of the molecule is Cc1c(Cl)nnc(NC2(C)CCOCC2)c1C. The van der Waals surface area contributed by atoms with E-state index in [0.717, 1.165) is 43.0 Å². The van der Waals surface area contributed by atoms with Gasteiger partial charge in [-0.2, -0.15) is 0 Å². The molecule has 5 heteroatoms. The summed E-state index contributed by atoms with van der Waals surface area (Å²) in [6, 6.07) is 0. The van der Waals surface area contributed by atoms with Crippen LogP contribution in [-0.4, -0.2) is 29.0 Å². The summed E-state index contributed by atoms with van der Waals surface area (Å²) in [6.07, 6.45) is 1.96. The molecule has 1 N–H and O–H groups in total. The van der Waals surface area contributed by atoms with Crippen LogP contribution in [0, 0.1) is 13.8 Å². The number of halogens is 1. The monoisotopic (exact) mass is 255 g/mol. The van der Waals surface area contributed by atoms with Gasteiger partial charge in [-0.25, -0.2) is 0 Å². The van der Waals surface area contributed by atoms with Crippen molar-refractivity contribution in [1.29, 1.82) is 0 Å². The highest BCUT2D eigenvalue weighted by Gasteiger charge is 2.28. The molecule has 0 spiro atoms. The summed E-state index contributed by atoms with van der Waals surface area (Å²) in [6.45, 7) is 7.76. The highest BCUT2D eigenvalue weighted by Crippen LogP contribution is 2.28. The van der Waals surface area contributed by atoms with Crippen LogP contribution in [-0.2, 0) is 4.74 Å². The molecule has 1 fully saturated rings. The Morgan fingerprint density at radius 2 is 1.82 bits per heavy atom. The number of nitrogens with zero attached hydrogens (tertiary/aromatic N) is 2. The molecule has 1 aliphatic rings. The topological polar surface area (TPSA) is 47.0 Å². The molecular weight excluding hydrogens is 238 g/mol. The Bertz CT molecular complexity index is 416. The fourth-order valence-electron chi connectivity index (χ4n) is 1.93. The fraction of sp³-hybridized carbons (Fsp3) is 0.667. The number of hydrogen-bond donors (Lipinski definition) is 1. The molecule has 0 aliphatic carbocycles. The predicted octanol–water partition coefficient (Wildman–Crippen LogP) is 2.73. The van der Waals surface area contributed by atoms with E-state index >= 15 is 0 Å². The van der Waals surface area contributed by atoms with Crippen molar-refractivity contribution in [3.8, 4) is 0 Å². The standard InChI is InChI=1S/C12H18ClN3O/c1-8-9(2)11(16-15-10(8)13)14-12(3)4-6-17-7-5-12/h4-7H2,1-3H3,(H,14,16). The zero-order chi connectivity index (χ0) is 12.5. The highest BCUT2D eigenvalue weighted by molar-refractivity contribution is 6.30. The van der Waals surface area contributed by atoms with Gasteiger partial charge in [0.2, 0.25) is 0 Å². The van der Waals surface area contributed by atoms with Gasteiger partial charge in [0, 0.05) is 18.8 Å². The van der Waals surface area contributed by atoms with Gasteiger partial charge < -0.3 is 10.1 Å². The minimum Gasteiger partial charge on any atom is -0.381 e. The molecule has 17 heavy (non-hydrogen) atoms. The lowest BCUT2D eigenvalue weighted by Crippen LogP contribution is -2.41. The lowest BCUT2D eigenvalue weighted by atomic mass is 9.92. The van der Waals surface area contributed by atoms with E-state index in [1.165, 1.54) is 0 Å². The van der Waals surface area contributed by atoms with E-state index in [1.54, 1.807) is 0 Å². The molecule has 0 saturated carbocycles. The number of ether oxygens (including phenoxy) is 1. The van der Waals surface area contributed by atoms with E-state index in [1.807, 2.05) is 13.8 Å². The van der Waals surface area contributed by atoms with Gasteiger partial charge in [0.1, 0.15) is 0 Å². The lowest BCUT2D eigenvalue weighted by molar-refractivity contribution is 0.0656. The number of anilines is 1. The van der Waals surface area contributed by atoms with Crippen molar-refractivity contribution < 1.29 is 4.74 Å². The maximum atomic E-state index is 5.94. The average molecular weight is 256 g/mol. The Labute approximate surface area is 107 Å². The first-order valence-corrected chi connectivity index (χ1v) is 6.25. The average Bonchev–Trinajstić information content (AvgIpc) is 2.31. The number of rotatable bonds is 2. The van der Waals surface area contributed by atoms with Crippen LogP contribution in [0.3, 0.4) is 0 Å². The molecule has 4 nitrogen and oxygen atoms in total. The third-order valence-corrected chi connectivity index (χ3v) is 3.84. The van der Waals surface area contributed by atoms with Gasteiger partial charge in [0.15, 0.2) is 11.0 Å². The lowest BCUT2D eigenvalue weighted by Gasteiger charge is -2.35. The number of nitrogens with one attached hydrogen (secondary N) is 1. The molecule has 0 radical (unpaired) electrons. The van der Waals surface area contributed by atoms with Gasteiger partial charge in [0.05, 0.1) is 0 Å². The van der Waals surface area contributed by atoms with Gasteiger partial charge in [0.25, 0.3) is 0 Å². The minimum absolute atomic E-state index is 0.0396. The summed E-state index contributed by atoms with van der Waals surface area (Å²) in [5.74, 6) is 0.830. The molecule has 0 amide bonds. The quantitative estimate of drug-likeness (QED) is 0.883. The molecule has 0 atom stereocenters. The maximum absolute atomic E-state index is 5.94. The zero-order valence-corrected chi connectivity index (χ0v) is 11.3. The third kappa shape index (κ3) is 2.69. The van der Waals surface area contributed by atoms with Crippen molar-refractivity contribution in [3.05, 3.63) is 16.3 Å².